The van der Waals surface area contributed by atoms with Crippen molar-refractivity contribution in [3.05, 3.63) is 56.2 Å². The highest BCUT2D eigenvalue weighted by Crippen LogP contribution is 2.40. The SMILES string of the molecule is CCc1ccsc1C(Br)c1cc(F)c(F)cc1Cl. The van der Waals surface area contributed by atoms with Crippen LogP contribution in [0.2, 0.25) is 5.02 Å². The summed E-state index contributed by atoms with van der Waals surface area (Å²) in [5.41, 5.74) is 1.73. The van der Waals surface area contributed by atoms with E-state index in [1.807, 2.05) is 11.4 Å². The van der Waals surface area contributed by atoms with Gasteiger partial charge in [-0.05, 0) is 41.1 Å². The van der Waals surface area contributed by atoms with Gasteiger partial charge in [0.15, 0.2) is 11.6 Å². The molecule has 0 fully saturated rings. The first-order chi connectivity index (χ1) is 8.54. The molecule has 18 heavy (non-hydrogen) atoms. The van der Waals surface area contributed by atoms with E-state index in [2.05, 4.69) is 22.9 Å². The van der Waals surface area contributed by atoms with E-state index in [9.17, 15) is 8.78 Å². The quantitative estimate of drug-likeness (QED) is 0.489. The average Bonchev–Trinajstić information content (AvgIpc) is 2.81. The molecule has 0 spiro atoms. The highest BCUT2D eigenvalue weighted by atomic mass is 79.9. The second-order valence-electron chi connectivity index (χ2n) is 3.81. The molecule has 0 nitrogen and oxygen atoms in total. The molecule has 1 unspecified atom stereocenters. The molecule has 2 rings (SSSR count). The molecule has 0 saturated carbocycles. The van der Waals surface area contributed by atoms with Crippen LogP contribution < -0.4 is 0 Å². The molecule has 1 aromatic heterocycles. The maximum Gasteiger partial charge on any atom is 0.160 e. The monoisotopic (exact) mass is 350 g/mol. The molecule has 1 heterocycles. The summed E-state index contributed by atoms with van der Waals surface area (Å²) >= 11 is 11.1. The lowest BCUT2D eigenvalue weighted by atomic mass is 10.1. The first-order valence-corrected chi connectivity index (χ1v) is 7.56. The minimum absolute atomic E-state index is 0.213. The summed E-state index contributed by atoms with van der Waals surface area (Å²) < 4.78 is 26.3. The van der Waals surface area contributed by atoms with Crippen molar-refractivity contribution in [2.45, 2.75) is 18.2 Å². The average molecular weight is 352 g/mol. The Bertz CT molecular complexity index is 568. The van der Waals surface area contributed by atoms with Gasteiger partial charge in [0.2, 0.25) is 0 Å². The summed E-state index contributed by atoms with van der Waals surface area (Å²) in [6.45, 7) is 2.05. The van der Waals surface area contributed by atoms with E-state index in [-0.39, 0.29) is 9.85 Å². The molecule has 0 aliphatic heterocycles. The predicted octanol–water partition coefficient (Wildman–Crippen LogP) is 5.73. The molecule has 0 bridgehead atoms. The van der Waals surface area contributed by atoms with Crippen molar-refractivity contribution in [1.29, 1.82) is 0 Å². The minimum Gasteiger partial charge on any atom is -0.204 e. The normalized spacial score (nSPS) is 12.7. The van der Waals surface area contributed by atoms with Crippen molar-refractivity contribution in [3.63, 3.8) is 0 Å². The van der Waals surface area contributed by atoms with Gasteiger partial charge in [-0.15, -0.1) is 11.3 Å². The number of halogens is 4. The summed E-state index contributed by atoms with van der Waals surface area (Å²) in [5.74, 6) is -1.81. The van der Waals surface area contributed by atoms with Gasteiger partial charge in [-0.2, -0.15) is 0 Å². The molecule has 0 aliphatic rings. The zero-order valence-corrected chi connectivity index (χ0v) is 12.7. The van der Waals surface area contributed by atoms with Crippen molar-refractivity contribution in [3.8, 4) is 0 Å². The first kappa shape index (κ1) is 14.0. The molecule has 0 radical (unpaired) electrons. The Labute approximate surface area is 122 Å². The molecule has 1 atom stereocenters. The summed E-state index contributed by atoms with van der Waals surface area (Å²) in [6.07, 6.45) is 0.891. The van der Waals surface area contributed by atoms with Gasteiger partial charge in [-0.1, -0.05) is 34.5 Å². The second-order valence-corrected chi connectivity index (χ2v) is 6.08. The number of benzene rings is 1. The highest BCUT2D eigenvalue weighted by molar-refractivity contribution is 9.09. The lowest BCUT2D eigenvalue weighted by Gasteiger charge is -2.13. The number of hydrogen-bond acceptors (Lipinski definition) is 1. The van der Waals surface area contributed by atoms with E-state index in [4.69, 9.17) is 11.6 Å². The summed E-state index contributed by atoms with van der Waals surface area (Å²) in [7, 11) is 0. The zero-order chi connectivity index (χ0) is 13.3. The van der Waals surface area contributed by atoms with Crippen LogP contribution in [0.5, 0.6) is 0 Å². The second kappa shape index (κ2) is 5.68. The lowest BCUT2D eigenvalue weighted by molar-refractivity contribution is 0.507. The van der Waals surface area contributed by atoms with Gasteiger partial charge in [0.05, 0.1) is 4.83 Å². The Kier molecular flexibility index (Phi) is 4.41. The number of alkyl halides is 1. The molecule has 1 aromatic carbocycles. The van der Waals surface area contributed by atoms with E-state index in [1.54, 1.807) is 11.3 Å². The van der Waals surface area contributed by atoms with Gasteiger partial charge in [0, 0.05) is 9.90 Å². The van der Waals surface area contributed by atoms with Gasteiger partial charge in [-0.3, -0.25) is 0 Å². The fourth-order valence-electron chi connectivity index (χ4n) is 1.74. The fourth-order valence-corrected chi connectivity index (χ4v) is 4.11. The van der Waals surface area contributed by atoms with Crippen LogP contribution in [-0.4, -0.2) is 0 Å². The van der Waals surface area contributed by atoms with Crippen LogP contribution in [0.25, 0.3) is 0 Å². The Morgan fingerprint density at radius 3 is 2.67 bits per heavy atom. The van der Waals surface area contributed by atoms with Crippen molar-refractivity contribution >= 4 is 38.9 Å². The third-order valence-electron chi connectivity index (χ3n) is 2.70. The Morgan fingerprint density at radius 1 is 1.33 bits per heavy atom. The Morgan fingerprint density at radius 2 is 2.00 bits per heavy atom. The Balaban J connectivity index is 2.46. The van der Waals surface area contributed by atoms with Gasteiger partial charge in [0.25, 0.3) is 0 Å². The van der Waals surface area contributed by atoms with Gasteiger partial charge < -0.3 is 0 Å². The maximum absolute atomic E-state index is 13.3. The van der Waals surface area contributed by atoms with Crippen LogP contribution >= 0.6 is 38.9 Å². The summed E-state index contributed by atoms with van der Waals surface area (Å²) in [4.78, 5) is 0.862. The van der Waals surface area contributed by atoms with E-state index < -0.39 is 11.6 Å². The van der Waals surface area contributed by atoms with Crippen molar-refractivity contribution in [2.24, 2.45) is 0 Å². The van der Waals surface area contributed by atoms with Gasteiger partial charge in [-0.25, -0.2) is 8.78 Å². The third-order valence-corrected chi connectivity index (χ3v) is 5.31. The van der Waals surface area contributed by atoms with E-state index in [0.29, 0.717) is 5.56 Å². The zero-order valence-electron chi connectivity index (χ0n) is 9.51. The molecule has 0 amide bonds. The smallest absolute Gasteiger partial charge is 0.160 e. The maximum atomic E-state index is 13.3. The highest BCUT2D eigenvalue weighted by Gasteiger charge is 2.20. The van der Waals surface area contributed by atoms with Crippen LogP contribution in [0.15, 0.2) is 23.6 Å². The molecule has 0 saturated heterocycles. The number of aryl methyl sites for hydroxylation is 1. The van der Waals surface area contributed by atoms with Crippen molar-refractivity contribution in [2.75, 3.05) is 0 Å². The van der Waals surface area contributed by atoms with E-state index in [0.717, 1.165) is 23.4 Å². The lowest BCUT2D eigenvalue weighted by Crippen LogP contribution is -1.97. The molecule has 0 N–H and O–H groups in total. The minimum atomic E-state index is -0.926. The number of rotatable bonds is 3. The summed E-state index contributed by atoms with van der Waals surface area (Å²) in [6, 6.07) is 4.19. The van der Waals surface area contributed by atoms with E-state index >= 15 is 0 Å². The number of thiophene rings is 1. The molecular weight excluding hydrogens is 342 g/mol. The van der Waals surface area contributed by atoms with Crippen LogP contribution in [0.4, 0.5) is 8.78 Å². The molecular formula is C13H10BrClF2S. The topological polar surface area (TPSA) is 0 Å². The molecule has 5 heteroatoms. The van der Waals surface area contributed by atoms with Crippen LogP contribution in [-0.2, 0) is 6.42 Å². The largest absolute Gasteiger partial charge is 0.204 e. The van der Waals surface area contributed by atoms with Gasteiger partial charge in [0.1, 0.15) is 0 Å². The van der Waals surface area contributed by atoms with Crippen molar-refractivity contribution in [1.82, 2.24) is 0 Å². The number of hydrogen-bond donors (Lipinski definition) is 0. The standard InChI is InChI=1S/C13H10BrClF2S/c1-2-7-3-4-18-13(7)12(14)8-5-10(16)11(17)6-9(8)15/h3-6,12H,2H2,1H3. The molecule has 2 aromatic rings. The van der Waals surface area contributed by atoms with Crippen molar-refractivity contribution < 1.29 is 8.78 Å². The first-order valence-electron chi connectivity index (χ1n) is 5.39. The van der Waals surface area contributed by atoms with Crippen LogP contribution in [0.3, 0.4) is 0 Å². The molecule has 96 valence electrons. The van der Waals surface area contributed by atoms with Gasteiger partial charge >= 0.3 is 0 Å². The fraction of sp³-hybridized carbons (Fsp3) is 0.231. The third kappa shape index (κ3) is 2.60. The summed E-state index contributed by atoms with van der Waals surface area (Å²) in [5, 5.41) is 2.21. The van der Waals surface area contributed by atoms with Crippen LogP contribution in [0, 0.1) is 11.6 Å². The Hall–Kier alpha value is -0.450. The molecule has 0 aliphatic carbocycles. The van der Waals surface area contributed by atoms with Crippen LogP contribution in [0.1, 0.15) is 27.8 Å². The predicted molar refractivity (Wildman–Crippen MR) is 75.8 cm³/mol. The van der Waals surface area contributed by atoms with E-state index in [1.165, 1.54) is 5.56 Å².